The van der Waals surface area contributed by atoms with Gasteiger partial charge in [-0.25, -0.2) is 4.79 Å². The summed E-state index contributed by atoms with van der Waals surface area (Å²) in [6, 6.07) is 4.10. The molecule has 0 heterocycles. The molecule has 1 aromatic carbocycles. The van der Waals surface area contributed by atoms with E-state index in [4.69, 9.17) is 0 Å². The summed E-state index contributed by atoms with van der Waals surface area (Å²) in [6.07, 6.45) is 1.45. The molecule has 0 saturated heterocycles. The molecule has 1 atom stereocenters. The molecule has 78 valence electrons. The first-order valence-electron chi connectivity index (χ1n) is 4.38. The number of benzene rings is 1. The van der Waals surface area contributed by atoms with Gasteiger partial charge >= 0.3 is 0 Å². The standard InChI is InChI=1S/C10H10N2O3/c1-7-3-4-9(12(14)15)5-10(7)8(2)11-6-13/h3-5,8H,1-2H3. The molecule has 15 heavy (non-hydrogen) atoms. The number of isocyanates is 1. The molecule has 5 heteroatoms. The summed E-state index contributed by atoms with van der Waals surface area (Å²) >= 11 is 0. The molecule has 0 aliphatic heterocycles. The first-order chi connectivity index (χ1) is 7.06. The Labute approximate surface area is 86.6 Å². The van der Waals surface area contributed by atoms with E-state index in [-0.39, 0.29) is 5.69 Å². The van der Waals surface area contributed by atoms with Crippen LogP contribution in [0, 0.1) is 17.0 Å². The van der Waals surface area contributed by atoms with Crippen molar-refractivity contribution in [3.05, 3.63) is 39.4 Å². The summed E-state index contributed by atoms with van der Waals surface area (Å²) in [4.78, 5) is 23.7. The minimum atomic E-state index is -0.472. The van der Waals surface area contributed by atoms with Gasteiger partial charge in [0.1, 0.15) is 0 Å². The molecule has 0 N–H and O–H groups in total. The van der Waals surface area contributed by atoms with Crippen LogP contribution in [0.2, 0.25) is 0 Å². The summed E-state index contributed by atoms with van der Waals surface area (Å²) in [7, 11) is 0. The number of nitro benzene ring substituents is 1. The van der Waals surface area contributed by atoms with Crippen LogP contribution < -0.4 is 0 Å². The predicted molar refractivity (Wildman–Crippen MR) is 54.4 cm³/mol. The highest BCUT2D eigenvalue weighted by Gasteiger charge is 2.12. The van der Waals surface area contributed by atoms with Crippen molar-refractivity contribution in [3.63, 3.8) is 0 Å². The lowest BCUT2D eigenvalue weighted by Gasteiger charge is -2.07. The molecule has 1 aromatic rings. The third kappa shape index (κ3) is 2.48. The number of rotatable bonds is 3. The van der Waals surface area contributed by atoms with Crippen LogP contribution in [0.1, 0.15) is 24.1 Å². The number of non-ortho nitro benzene ring substituents is 1. The fourth-order valence-electron chi connectivity index (χ4n) is 1.34. The number of hydrogen-bond acceptors (Lipinski definition) is 4. The normalized spacial score (nSPS) is 11.6. The van der Waals surface area contributed by atoms with Gasteiger partial charge < -0.3 is 0 Å². The molecular formula is C10H10N2O3. The number of carbonyl (C=O) groups excluding carboxylic acids is 1. The smallest absolute Gasteiger partial charge is 0.258 e. The fraction of sp³-hybridized carbons (Fsp3) is 0.300. The maximum absolute atomic E-state index is 10.5. The molecule has 0 aromatic heterocycles. The third-order valence-corrected chi connectivity index (χ3v) is 2.17. The molecule has 0 aliphatic carbocycles. The fourth-order valence-corrected chi connectivity index (χ4v) is 1.34. The van der Waals surface area contributed by atoms with Crippen LogP contribution in [0.3, 0.4) is 0 Å². The van der Waals surface area contributed by atoms with Crippen molar-refractivity contribution in [2.75, 3.05) is 0 Å². The van der Waals surface area contributed by atoms with Crippen LogP contribution in [-0.2, 0) is 4.79 Å². The van der Waals surface area contributed by atoms with Gasteiger partial charge in [-0.1, -0.05) is 6.07 Å². The predicted octanol–water partition coefficient (Wildman–Crippen LogP) is 2.30. The zero-order valence-corrected chi connectivity index (χ0v) is 8.43. The largest absolute Gasteiger partial charge is 0.269 e. The van der Waals surface area contributed by atoms with Crippen molar-refractivity contribution in [2.45, 2.75) is 19.9 Å². The van der Waals surface area contributed by atoms with Gasteiger partial charge in [0.25, 0.3) is 5.69 Å². The van der Waals surface area contributed by atoms with Gasteiger partial charge in [-0.3, -0.25) is 10.1 Å². The minimum Gasteiger partial charge on any atom is -0.258 e. The SMILES string of the molecule is Cc1ccc([N+](=O)[O-])cc1C(C)N=C=O. The van der Waals surface area contributed by atoms with Crippen molar-refractivity contribution in [1.82, 2.24) is 0 Å². The van der Waals surface area contributed by atoms with Crippen LogP contribution in [-0.4, -0.2) is 11.0 Å². The van der Waals surface area contributed by atoms with Crippen molar-refractivity contribution in [1.29, 1.82) is 0 Å². The highest BCUT2D eigenvalue weighted by atomic mass is 16.6. The lowest BCUT2D eigenvalue weighted by atomic mass is 10.0. The maximum atomic E-state index is 10.5. The van der Waals surface area contributed by atoms with Gasteiger partial charge in [0.05, 0.1) is 11.0 Å². The topological polar surface area (TPSA) is 72.6 Å². The molecule has 0 amide bonds. The molecule has 0 radical (unpaired) electrons. The highest BCUT2D eigenvalue weighted by molar-refractivity contribution is 5.43. The van der Waals surface area contributed by atoms with E-state index in [9.17, 15) is 14.9 Å². The van der Waals surface area contributed by atoms with Gasteiger partial charge in [0.2, 0.25) is 6.08 Å². The van der Waals surface area contributed by atoms with E-state index in [2.05, 4.69) is 4.99 Å². The van der Waals surface area contributed by atoms with E-state index in [1.165, 1.54) is 18.2 Å². The zero-order valence-electron chi connectivity index (χ0n) is 8.43. The van der Waals surface area contributed by atoms with Crippen molar-refractivity contribution in [2.24, 2.45) is 4.99 Å². The summed E-state index contributed by atoms with van der Waals surface area (Å²) in [5, 5.41) is 10.5. The Balaban J connectivity index is 3.21. The van der Waals surface area contributed by atoms with Crippen LogP contribution in [0.5, 0.6) is 0 Å². The van der Waals surface area contributed by atoms with Crippen molar-refractivity contribution in [3.8, 4) is 0 Å². The number of hydrogen-bond donors (Lipinski definition) is 0. The zero-order chi connectivity index (χ0) is 11.4. The average molecular weight is 206 g/mol. The first-order valence-corrected chi connectivity index (χ1v) is 4.38. The van der Waals surface area contributed by atoms with Crippen LogP contribution >= 0.6 is 0 Å². The quantitative estimate of drug-likeness (QED) is 0.329. The summed E-state index contributed by atoms with van der Waals surface area (Å²) in [5.74, 6) is 0. The lowest BCUT2D eigenvalue weighted by molar-refractivity contribution is -0.384. The maximum Gasteiger partial charge on any atom is 0.269 e. The van der Waals surface area contributed by atoms with Crippen molar-refractivity contribution >= 4 is 11.8 Å². The second-order valence-corrected chi connectivity index (χ2v) is 3.19. The molecule has 1 rings (SSSR count). The molecule has 0 spiro atoms. The van der Waals surface area contributed by atoms with Gasteiger partial charge in [-0.15, -0.1) is 0 Å². The molecule has 5 nitrogen and oxygen atoms in total. The molecule has 0 bridgehead atoms. The molecule has 0 aliphatic rings. The number of aliphatic imine (C=N–C) groups is 1. The van der Waals surface area contributed by atoms with E-state index >= 15 is 0 Å². The highest BCUT2D eigenvalue weighted by Crippen LogP contribution is 2.24. The molecular weight excluding hydrogens is 196 g/mol. The Hall–Kier alpha value is -2.00. The van der Waals surface area contributed by atoms with Crippen LogP contribution in [0.15, 0.2) is 23.2 Å². The average Bonchev–Trinajstić information content (AvgIpc) is 2.18. The molecule has 0 fully saturated rings. The van der Waals surface area contributed by atoms with E-state index in [0.717, 1.165) is 5.56 Å². The monoisotopic (exact) mass is 206 g/mol. The van der Waals surface area contributed by atoms with E-state index < -0.39 is 11.0 Å². The van der Waals surface area contributed by atoms with E-state index in [0.29, 0.717) is 5.56 Å². The summed E-state index contributed by atoms with van der Waals surface area (Å²) in [6.45, 7) is 3.51. The molecule has 0 saturated carbocycles. The Morgan fingerprint density at radius 1 is 1.53 bits per heavy atom. The minimum absolute atomic E-state index is 0.00329. The summed E-state index contributed by atoms with van der Waals surface area (Å²) in [5.41, 5.74) is 1.54. The number of aryl methyl sites for hydroxylation is 1. The molecule has 1 unspecified atom stereocenters. The van der Waals surface area contributed by atoms with Gasteiger partial charge in [0, 0.05) is 12.1 Å². The van der Waals surface area contributed by atoms with Crippen LogP contribution in [0.25, 0.3) is 0 Å². The van der Waals surface area contributed by atoms with Crippen LogP contribution in [0.4, 0.5) is 5.69 Å². The first kappa shape index (κ1) is 11.1. The van der Waals surface area contributed by atoms with Gasteiger partial charge in [0.15, 0.2) is 0 Å². The Morgan fingerprint density at radius 2 is 2.20 bits per heavy atom. The number of nitrogens with zero attached hydrogens (tertiary/aromatic N) is 2. The van der Waals surface area contributed by atoms with Gasteiger partial charge in [-0.05, 0) is 25.0 Å². The Morgan fingerprint density at radius 3 is 2.73 bits per heavy atom. The van der Waals surface area contributed by atoms with Gasteiger partial charge in [-0.2, -0.15) is 4.99 Å². The van der Waals surface area contributed by atoms with E-state index in [1.807, 2.05) is 6.92 Å². The lowest BCUT2D eigenvalue weighted by Crippen LogP contribution is -1.96. The Kier molecular flexibility index (Phi) is 3.31. The second-order valence-electron chi connectivity index (χ2n) is 3.19. The number of nitro groups is 1. The summed E-state index contributed by atoms with van der Waals surface area (Å²) < 4.78 is 0. The Bertz CT molecular complexity index is 436. The third-order valence-electron chi connectivity index (χ3n) is 2.17. The second kappa shape index (κ2) is 4.48. The van der Waals surface area contributed by atoms with Crippen molar-refractivity contribution < 1.29 is 9.72 Å². The van der Waals surface area contributed by atoms with E-state index in [1.54, 1.807) is 13.0 Å².